The molecule has 2 aromatic heterocycles. The average Bonchev–Trinajstić information content (AvgIpc) is 3.13. The third-order valence-corrected chi connectivity index (χ3v) is 9.01. The average molecular weight is 1100 g/mol. The third kappa shape index (κ3) is 20.3. The SMILES string of the molecule is C1=C\CC/C=C\CC/1.Cc1cc(C)c([N+]2=[C-]N(c3ccccn3)CCC2)c(C)c1.Cc1cc(C)c([N+]2=[C-]N(c3ccccn3)CCC2)c(C)c1.ClCCl.[Cl-].[Cl-].[Cl-].[Cl-].[Rh+2].[Rh+2]. The van der Waals surface area contributed by atoms with Gasteiger partial charge in [0.2, 0.25) is 12.7 Å². The first-order valence-electron chi connectivity index (χ1n) is 18.7. The molecule has 4 aromatic rings. The van der Waals surface area contributed by atoms with E-state index in [1.165, 1.54) is 70.4 Å². The van der Waals surface area contributed by atoms with Gasteiger partial charge >= 0.3 is 39.0 Å². The van der Waals surface area contributed by atoms with E-state index < -0.39 is 0 Å². The fourth-order valence-corrected chi connectivity index (χ4v) is 7.00. The molecule has 2 aliphatic heterocycles. The van der Waals surface area contributed by atoms with Gasteiger partial charge in [-0.05, 0) is 79.4 Å². The van der Waals surface area contributed by atoms with Crippen LogP contribution < -0.4 is 59.4 Å². The maximum absolute atomic E-state index is 4.76. The van der Waals surface area contributed by atoms with Gasteiger partial charge in [-0.3, -0.25) is 9.97 Å². The second-order valence-corrected chi connectivity index (χ2v) is 14.4. The van der Waals surface area contributed by atoms with Crippen molar-refractivity contribution in [2.24, 2.45) is 0 Å². The van der Waals surface area contributed by atoms with Gasteiger partial charge in [0.15, 0.2) is 0 Å². The Morgan fingerprint density at radius 3 is 1.12 bits per heavy atom. The van der Waals surface area contributed by atoms with Crippen LogP contribution in [0.4, 0.5) is 23.0 Å². The van der Waals surface area contributed by atoms with Gasteiger partial charge in [0.25, 0.3) is 0 Å². The van der Waals surface area contributed by atoms with Crippen molar-refractivity contribution in [3.8, 4) is 0 Å². The number of allylic oxidation sites excluding steroid dienone is 4. The molecule has 0 atom stereocenters. The van der Waals surface area contributed by atoms with Gasteiger partial charge in [0.05, 0.1) is 31.5 Å². The second kappa shape index (κ2) is 33.7. The number of nitrogens with zero attached hydrogens (tertiary/aromatic N) is 6. The van der Waals surface area contributed by atoms with Crippen molar-refractivity contribution in [3.05, 3.63) is 131 Å². The summed E-state index contributed by atoms with van der Waals surface area (Å²) in [6.45, 7) is 17.0. The van der Waals surface area contributed by atoms with Gasteiger partial charge < -0.3 is 68.6 Å². The predicted molar refractivity (Wildman–Crippen MR) is 227 cm³/mol. The zero-order chi connectivity index (χ0) is 38.0. The normalized spacial score (nSPS) is 14.8. The number of aryl methyl sites for hydroxylation is 6. The summed E-state index contributed by atoms with van der Waals surface area (Å²) in [4.78, 5) is 13.1. The minimum Gasteiger partial charge on any atom is -1.00 e. The molecule has 0 bridgehead atoms. The molecule has 59 heavy (non-hydrogen) atoms. The molecule has 326 valence electrons. The van der Waals surface area contributed by atoms with E-state index in [-0.39, 0.29) is 93.9 Å². The van der Waals surface area contributed by atoms with Crippen LogP contribution in [0.25, 0.3) is 0 Å². The van der Waals surface area contributed by atoms with E-state index in [9.17, 15) is 0 Å². The molecular weight excluding hydrogens is 1040 g/mol. The third-order valence-electron chi connectivity index (χ3n) is 9.01. The standard InChI is InChI=1S/2C18H21N3.C8H12.CH2Cl2.4ClH.2Rh/c2*1-14-11-15(2)18(16(3)12-14)21-10-6-9-20(13-21)17-7-4-5-8-19-17;1-2-4-6-8-7-5-3-1;2-1-3;;;;;;/h2*4-5,7-8,11-12H,6,9-10H2,1-3H3;1-2,7-8H,3-6H2;1H2;4*1H;;/q;;;;;;;;2*+2/p-4/b;;2-1-,8-7-;;;;;;;. The van der Waals surface area contributed by atoms with Crippen LogP contribution >= 0.6 is 23.2 Å². The predicted octanol–water partition coefficient (Wildman–Crippen LogP) is -0.962. The fourth-order valence-electron chi connectivity index (χ4n) is 7.00. The fraction of sp³-hybridized carbons (Fsp3) is 0.378. The minimum absolute atomic E-state index is 0. The molecule has 2 radical (unpaired) electrons. The van der Waals surface area contributed by atoms with Gasteiger partial charge in [0, 0.05) is 36.6 Å². The molecule has 0 saturated heterocycles. The van der Waals surface area contributed by atoms with Crippen LogP contribution in [-0.4, -0.2) is 63.3 Å². The first-order valence-corrected chi connectivity index (χ1v) is 19.8. The van der Waals surface area contributed by atoms with Crippen LogP contribution in [0.15, 0.2) is 97.4 Å². The van der Waals surface area contributed by atoms with Crippen molar-refractivity contribution in [2.45, 2.75) is 80.1 Å². The Balaban J connectivity index is -0.000000786. The molecule has 14 heteroatoms. The molecule has 3 aliphatic rings. The molecule has 4 heterocycles. The van der Waals surface area contributed by atoms with Crippen molar-refractivity contribution in [3.63, 3.8) is 0 Å². The molecule has 0 amide bonds. The summed E-state index contributed by atoms with van der Waals surface area (Å²) in [5, 5.41) is 0.194. The zero-order valence-electron chi connectivity index (χ0n) is 34.6. The second-order valence-electron chi connectivity index (χ2n) is 13.6. The molecule has 7 rings (SSSR count). The molecule has 0 saturated carbocycles. The summed E-state index contributed by atoms with van der Waals surface area (Å²) in [6.07, 6.45) is 26.9. The van der Waals surface area contributed by atoms with Gasteiger partial charge in [-0.2, -0.15) is 0 Å². The van der Waals surface area contributed by atoms with Gasteiger partial charge in [-0.1, -0.05) is 106 Å². The molecule has 0 unspecified atom stereocenters. The minimum atomic E-state index is 0. The summed E-state index contributed by atoms with van der Waals surface area (Å²) >= 11 is 9.53. The van der Waals surface area contributed by atoms with Crippen LogP contribution in [-0.2, 0) is 39.0 Å². The smallest absolute Gasteiger partial charge is 1.00 e. The molecule has 0 N–H and O–H groups in total. The number of benzene rings is 2. The maximum atomic E-state index is 4.76. The van der Waals surface area contributed by atoms with Crippen molar-refractivity contribution in [2.75, 3.05) is 41.3 Å². The van der Waals surface area contributed by atoms with E-state index >= 15 is 0 Å². The summed E-state index contributed by atoms with van der Waals surface area (Å²) < 4.78 is 4.48. The quantitative estimate of drug-likeness (QED) is 0.0870. The van der Waals surface area contributed by atoms with E-state index in [2.05, 4.69) is 132 Å². The van der Waals surface area contributed by atoms with E-state index in [1.54, 1.807) is 0 Å². The number of halogens is 6. The van der Waals surface area contributed by atoms with E-state index in [1.807, 2.05) is 48.8 Å². The van der Waals surface area contributed by atoms with Gasteiger partial charge in [-0.15, -0.1) is 23.2 Å². The Morgan fingerprint density at radius 1 is 0.542 bits per heavy atom. The van der Waals surface area contributed by atoms with Crippen molar-refractivity contribution in [1.82, 2.24) is 9.97 Å². The Kier molecular flexibility index (Phi) is 35.1. The number of alkyl halides is 2. The van der Waals surface area contributed by atoms with E-state index in [0.717, 1.165) is 50.7 Å². The van der Waals surface area contributed by atoms with Crippen LogP contribution in [0, 0.1) is 41.5 Å². The van der Waals surface area contributed by atoms with Crippen LogP contribution in [0.1, 0.15) is 71.9 Å². The molecule has 6 nitrogen and oxygen atoms in total. The van der Waals surface area contributed by atoms with Crippen molar-refractivity contribution < 1.29 is 97.7 Å². The maximum Gasteiger partial charge on any atom is 2.00 e. The zero-order valence-corrected chi connectivity index (χ0v) is 42.4. The summed E-state index contributed by atoms with van der Waals surface area (Å²) in [5.74, 6) is 1.93. The molecular formula is C45H56Cl6N6Rh2. The number of hydrogen-bond donors (Lipinski definition) is 0. The van der Waals surface area contributed by atoms with Crippen LogP contribution in [0.5, 0.6) is 0 Å². The van der Waals surface area contributed by atoms with Crippen molar-refractivity contribution in [1.29, 1.82) is 0 Å². The summed E-state index contributed by atoms with van der Waals surface area (Å²) in [5.41, 5.74) is 10.4. The largest absolute Gasteiger partial charge is 2.00 e. The van der Waals surface area contributed by atoms with Gasteiger partial charge in [-0.25, -0.2) is 0 Å². The number of rotatable bonds is 4. The number of pyridine rings is 2. The van der Waals surface area contributed by atoms with Crippen LogP contribution in [0.3, 0.4) is 0 Å². The Morgan fingerprint density at radius 2 is 0.847 bits per heavy atom. The Hall–Kier alpha value is -1.85. The number of hydrogen-bond acceptors (Lipinski definition) is 4. The first-order chi connectivity index (χ1) is 25.7. The summed E-state index contributed by atoms with van der Waals surface area (Å²) in [6, 6.07) is 21.0. The molecule has 2 aromatic carbocycles. The monoisotopic (exact) mass is 1100 g/mol. The number of anilines is 2. The first kappa shape index (κ1) is 61.4. The van der Waals surface area contributed by atoms with E-state index in [4.69, 9.17) is 23.2 Å². The van der Waals surface area contributed by atoms with Gasteiger partial charge in [0.1, 0.15) is 11.6 Å². The summed E-state index contributed by atoms with van der Waals surface area (Å²) in [7, 11) is 0. The number of aromatic nitrogens is 2. The van der Waals surface area contributed by atoms with Crippen LogP contribution in [0.2, 0.25) is 0 Å². The molecule has 1 aliphatic carbocycles. The van der Waals surface area contributed by atoms with E-state index in [0.29, 0.717) is 0 Å². The Labute approximate surface area is 415 Å². The molecule has 0 spiro atoms. The topological polar surface area (TPSA) is 38.3 Å². The molecule has 0 fully saturated rings. The Bertz CT molecular complexity index is 1680. The van der Waals surface area contributed by atoms with Crippen molar-refractivity contribution >= 4 is 58.9 Å².